The van der Waals surface area contributed by atoms with Crippen LogP contribution in [-0.4, -0.2) is 48.6 Å². The summed E-state index contributed by atoms with van der Waals surface area (Å²) in [5, 5.41) is 3.54. The van der Waals surface area contributed by atoms with E-state index in [0.29, 0.717) is 6.04 Å². The van der Waals surface area contributed by atoms with Gasteiger partial charge in [-0.1, -0.05) is 19.1 Å². The van der Waals surface area contributed by atoms with Gasteiger partial charge in [-0.15, -0.1) is 0 Å². The number of fused-ring (bicyclic) bond motifs is 1. The average molecular weight is 273 g/mol. The van der Waals surface area contributed by atoms with Gasteiger partial charge in [0.25, 0.3) is 0 Å². The van der Waals surface area contributed by atoms with Crippen molar-refractivity contribution >= 4 is 5.69 Å². The number of piperazine rings is 1. The third-order valence-corrected chi connectivity index (χ3v) is 4.84. The van der Waals surface area contributed by atoms with Crippen molar-refractivity contribution in [1.29, 1.82) is 0 Å². The Bertz CT molecular complexity index is 458. The third kappa shape index (κ3) is 2.84. The van der Waals surface area contributed by atoms with Crippen molar-refractivity contribution < 1.29 is 0 Å². The molecule has 3 rings (SSSR count). The first-order chi connectivity index (χ1) is 9.78. The molecule has 0 amide bonds. The molecule has 1 fully saturated rings. The topological polar surface area (TPSA) is 18.5 Å². The molecular formula is C17H27N3. The number of hydrogen-bond donors (Lipinski definition) is 1. The summed E-state index contributed by atoms with van der Waals surface area (Å²) in [6.45, 7) is 11.7. The Morgan fingerprint density at radius 1 is 1.30 bits per heavy atom. The largest absolute Gasteiger partial charge is 0.385 e. The van der Waals surface area contributed by atoms with Crippen LogP contribution < -0.4 is 5.32 Å². The molecule has 2 aliphatic heterocycles. The van der Waals surface area contributed by atoms with Gasteiger partial charge in [0, 0.05) is 44.5 Å². The summed E-state index contributed by atoms with van der Waals surface area (Å²) in [4.78, 5) is 5.21. The second-order valence-corrected chi connectivity index (χ2v) is 6.19. The number of nitrogens with zero attached hydrogens (tertiary/aromatic N) is 2. The minimum absolute atomic E-state index is 0.686. The van der Waals surface area contributed by atoms with Crippen LogP contribution in [0.3, 0.4) is 0 Å². The Morgan fingerprint density at radius 2 is 2.20 bits per heavy atom. The summed E-state index contributed by atoms with van der Waals surface area (Å²) in [7, 11) is 0. The molecule has 0 aromatic heterocycles. The van der Waals surface area contributed by atoms with Crippen LogP contribution in [0.4, 0.5) is 5.69 Å². The maximum Gasteiger partial charge on any atom is 0.0375 e. The molecule has 1 unspecified atom stereocenters. The van der Waals surface area contributed by atoms with Gasteiger partial charge in [-0.25, -0.2) is 0 Å². The van der Waals surface area contributed by atoms with Gasteiger partial charge in [0.1, 0.15) is 0 Å². The number of nitrogens with one attached hydrogen (secondary N) is 1. The molecule has 1 saturated heterocycles. The zero-order chi connectivity index (χ0) is 13.9. The first kappa shape index (κ1) is 13.9. The summed E-state index contributed by atoms with van der Waals surface area (Å²) < 4.78 is 0. The quantitative estimate of drug-likeness (QED) is 0.913. The highest BCUT2D eigenvalue weighted by Crippen LogP contribution is 2.26. The van der Waals surface area contributed by atoms with Crippen LogP contribution in [0.15, 0.2) is 18.2 Å². The lowest BCUT2D eigenvalue weighted by Crippen LogP contribution is -2.51. The Hall–Kier alpha value is -1.06. The van der Waals surface area contributed by atoms with Gasteiger partial charge in [0.05, 0.1) is 0 Å². The van der Waals surface area contributed by atoms with Crippen molar-refractivity contribution in [3.63, 3.8) is 0 Å². The molecule has 0 aliphatic carbocycles. The van der Waals surface area contributed by atoms with E-state index in [2.05, 4.69) is 47.2 Å². The van der Waals surface area contributed by atoms with Gasteiger partial charge in [-0.3, -0.25) is 9.80 Å². The standard InChI is InChI=1S/C17H27N3/c1-3-20-11-10-19(12-14(20)2)13-15-6-4-8-17-16(15)7-5-9-18-17/h4,6,8,14,18H,3,5,7,9-13H2,1-2H3. The number of hydrogen-bond acceptors (Lipinski definition) is 3. The zero-order valence-corrected chi connectivity index (χ0v) is 12.9. The molecule has 1 aromatic carbocycles. The first-order valence-corrected chi connectivity index (χ1v) is 8.09. The second kappa shape index (κ2) is 6.15. The van der Waals surface area contributed by atoms with Crippen molar-refractivity contribution in [1.82, 2.24) is 9.80 Å². The number of anilines is 1. The van der Waals surface area contributed by atoms with E-state index in [0.717, 1.165) is 13.1 Å². The van der Waals surface area contributed by atoms with E-state index < -0.39 is 0 Å². The van der Waals surface area contributed by atoms with E-state index in [-0.39, 0.29) is 0 Å². The molecule has 2 heterocycles. The maximum absolute atomic E-state index is 3.54. The smallest absolute Gasteiger partial charge is 0.0375 e. The highest BCUT2D eigenvalue weighted by atomic mass is 15.3. The molecule has 110 valence electrons. The van der Waals surface area contributed by atoms with Gasteiger partial charge in [0.2, 0.25) is 0 Å². The lowest BCUT2D eigenvalue weighted by atomic mass is 9.97. The van der Waals surface area contributed by atoms with Crippen LogP contribution in [0, 0.1) is 0 Å². The predicted molar refractivity (Wildman–Crippen MR) is 85.2 cm³/mol. The molecular weight excluding hydrogens is 246 g/mol. The Balaban J connectivity index is 1.69. The van der Waals surface area contributed by atoms with E-state index in [4.69, 9.17) is 0 Å². The fourth-order valence-electron chi connectivity index (χ4n) is 3.66. The Morgan fingerprint density at radius 3 is 3.00 bits per heavy atom. The van der Waals surface area contributed by atoms with E-state index in [1.165, 1.54) is 50.3 Å². The normalized spacial score (nSPS) is 24.2. The summed E-state index contributed by atoms with van der Waals surface area (Å²) in [6, 6.07) is 7.45. The average Bonchev–Trinajstić information content (AvgIpc) is 2.48. The molecule has 2 aliphatic rings. The van der Waals surface area contributed by atoms with Crippen molar-refractivity contribution in [3.8, 4) is 0 Å². The molecule has 0 bridgehead atoms. The Kier molecular flexibility index (Phi) is 4.27. The van der Waals surface area contributed by atoms with Crippen LogP contribution >= 0.6 is 0 Å². The van der Waals surface area contributed by atoms with Crippen molar-refractivity contribution in [2.75, 3.05) is 38.0 Å². The monoisotopic (exact) mass is 273 g/mol. The molecule has 20 heavy (non-hydrogen) atoms. The van der Waals surface area contributed by atoms with Crippen molar-refractivity contribution in [2.45, 2.75) is 39.3 Å². The maximum atomic E-state index is 3.54. The second-order valence-electron chi connectivity index (χ2n) is 6.19. The summed E-state index contributed by atoms with van der Waals surface area (Å²) >= 11 is 0. The minimum Gasteiger partial charge on any atom is -0.385 e. The fourth-order valence-corrected chi connectivity index (χ4v) is 3.66. The van der Waals surface area contributed by atoms with E-state index in [9.17, 15) is 0 Å². The highest BCUT2D eigenvalue weighted by Gasteiger charge is 2.23. The van der Waals surface area contributed by atoms with Crippen LogP contribution in [0.2, 0.25) is 0 Å². The SMILES string of the molecule is CCN1CCN(Cc2cccc3c2CCCN3)CC1C. The third-order valence-electron chi connectivity index (χ3n) is 4.84. The molecule has 3 nitrogen and oxygen atoms in total. The number of benzene rings is 1. The minimum atomic E-state index is 0.686. The lowest BCUT2D eigenvalue weighted by Gasteiger charge is -2.39. The van der Waals surface area contributed by atoms with Crippen molar-refractivity contribution in [3.05, 3.63) is 29.3 Å². The van der Waals surface area contributed by atoms with Crippen LogP contribution in [0.25, 0.3) is 0 Å². The van der Waals surface area contributed by atoms with Gasteiger partial charge in [0.15, 0.2) is 0 Å². The Labute approximate surface area is 123 Å². The molecule has 1 aromatic rings. The van der Waals surface area contributed by atoms with Crippen LogP contribution in [0.1, 0.15) is 31.4 Å². The van der Waals surface area contributed by atoms with Gasteiger partial charge in [-0.05, 0) is 43.5 Å². The van der Waals surface area contributed by atoms with Gasteiger partial charge < -0.3 is 5.32 Å². The molecule has 1 atom stereocenters. The highest BCUT2D eigenvalue weighted by molar-refractivity contribution is 5.56. The summed E-state index contributed by atoms with van der Waals surface area (Å²) in [5.41, 5.74) is 4.46. The fraction of sp³-hybridized carbons (Fsp3) is 0.647. The molecule has 1 N–H and O–H groups in total. The number of rotatable bonds is 3. The van der Waals surface area contributed by atoms with Crippen LogP contribution in [-0.2, 0) is 13.0 Å². The lowest BCUT2D eigenvalue weighted by molar-refractivity contribution is 0.0833. The summed E-state index contributed by atoms with van der Waals surface area (Å²) in [6.07, 6.45) is 2.51. The van der Waals surface area contributed by atoms with E-state index in [1.807, 2.05) is 0 Å². The summed E-state index contributed by atoms with van der Waals surface area (Å²) in [5.74, 6) is 0. The van der Waals surface area contributed by atoms with E-state index in [1.54, 1.807) is 5.56 Å². The molecule has 3 heteroatoms. The molecule has 0 spiro atoms. The zero-order valence-electron chi connectivity index (χ0n) is 12.9. The predicted octanol–water partition coefficient (Wildman–Crippen LogP) is 2.57. The molecule has 0 radical (unpaired) electrons. The van der Waals surface area contributed by atoms with Gasteiger partial charge in [-0.2, -0.15) is 0 Å². The number of likely N-dealkylation sites (N-methyl/N-ethyl adjacent to an activating group) is 1. The van der Waals surface area contributed by atoms with Gasteiger partial charge >= 0.3 is 0 Å². The van der Waals surface area contributed by atoms with Crippen molar-refractivity contribution in [2.24, 2.45) is 0 Å². The van der Waals surface area contributed by atoms with Crippen LogP contribution in [0.5, 0.6) is 0 Å². The van der Waals surface area contributed by atoms with E-state index >= 15 is 0 Å². The molecule has 0 saturated carbocycles. The first-order valence-electron chi connectivity index (χ1n) is 8.09.